The second-order valence-corrected chi connectivity index (χ2v) is 8.67. The van der Waals surface area contributed by atoms with Crippen molar-refractivity contribution in [1.82, 2.24) is 0 Å². The van der Waals surface area contributed by atoms with Gasteiger partial charge in [-0.2, -0.15) is 0 Å². The number of nitrogens with zero attached hydrogens (tertiary/aromatic N) is 1. The van der Waals surface area contributed by atoms with Crippen molar-refractivity contribution < 1.29 is 0 Å². The average molecular weight is 444 g/mol. The van der Waals surface area contributed by atoms with Crippen molar-refractivity contribution in [1.29, 1.82) is 0 Å². The Hall–Kier alpha value is -2.62. The summed E-state index contributed by atoms with van der Waals surface area (Å²) < 4.78 is 3.80. The van der Waals surface area contributed by atoms with Gasteiger partial charge in [-0.25, -0.2) is 0 Å². The van der Waals surface area contributed by atoms with Crippen molar-refractivity contribution in [3.63, 3.8) is 0 Å². The van der Waals surface area contributed by atoms with Crippen molar-refractivity contribution in [2.45, 2.75) is 6.54 Å². The van der Waals surface area contributed by atoms with E-state index in [1.165, 1.54) is 37.1 Å². The summed E-state index contributed by atoms with van der Waals surface area (Å²) in [6.45, 7) is 0.804. The van der Waals surface area contributed by atoms with E-state index in [0.717, 1.165) is 11.0 Å². The smallest absolute Gasteiger partial charge is 0.0595 e. The number of anilines is 2. The predicted molar refractivity (Wildman–Crippen MR) is 126 cm³/mol. The van der Waals surface area contributed by atoms with E-state index in [1.54, 1.807) is 0 Å². The lowest BCUT2D eigenvalue weighted by Crippen LogP contribution is -2.16. The molecule has 0 N–H and O–H groups in total. The first-order chi connectivity index (χ1) is 13.8. The molecule has 1 aromatic heterocycles. The lowest BCUT2D eigenvalue weighted by molar-refractivity contribution is 0.975. The monoisotopic (exact) mass is 443 g/mol. The van der Waals surface area contributed by atoms with Crippen LogP contribution in [0.3, 0.4) is 0 Å². The minimum Gasteiger partial charge on any atom is -0.336 e. The molecular formula is C25H18BrNS. The van der Waals surface area contributed by atoms with Crippen molar-refractivity contribution in [2.75, 3.05) is 4.90 Å². The Labute approximate surface area is 177 Å². The Kier molecular flexibility index (Phi) is 4.63. The van der Waals surface area contributed by atoms with E-state index in [2.05, 4.69) is 118 Å². The summed E-state index contributed by atoms with van der Waals surface area (Å²) >= 11 is 5.60. The zero-order valence-electron chi connectivity index (χ0n) is 15.2. The minimum atomic E-state index is 0.804. The third kappa shape index (κ3) is 3.11. The van der Waals surface area contributed by atoms with E-state index < -0.39 is 0 Å². The normalized spacial score (nSPS) is 11.2. The summed E-state index contributed by atoms with van der Waals surface area (Å²) in [4.78, 5) is 2.41. The molecule has 0 aliphatic carbocycles. The van der Waals surface area contributed by atoms with Gasteiger partial charge in [-0.1, -0.05) is 82.7 Å². The topological polar surface area (TPSA) is 3.24 Å². The van der Waals surface area contributed by atoms with Gasteiger partial charge in [0.1, 0.15) is 0 Å². The van der Waals surface area contributed by atoms with Crippen LogP contribution in [0.1, 0.15) is 5.56 Å². The highest BCUT2D eigenvalue weighted by Gasteiger charge is 2.17. The van der Waals surface area contributed by atoms with Crippen LogP contribution in [-0.2, 0) is 6.54 Å². The standard InChI is InChI=1S/C25H18BrNS/c26-22-14-6-4-9-18(22)17-27(19-10-2-1-3-11-19)23-15-8-13-21-20-12-5-7-16-24(20)28-25(21)23/h1-16H,17H2. The second kappa shape index (κ2) is 7.42. The molecule has 0 aliphatic heterocycles. The maximum atomic E-state index is 3.72. The van der Waals surface area contributed by atoms with E-state index in [4.69, 9.17) is 0 Å². The Morgan fingerprint density at radius 2 is 1.39 bits per heavy atom. The van der Waals surface area contributed by atoms with Gasteiger partial charge in [-0.15, -0.1) is 11.3 Å². The summed E-state index contributed by atoms with van der Waals surface area (Å²) in [5, 5.41) is 2.66. The molecule has 0 saturated carbocycles. The number of benzene rings is 4. The summed E-state index contributed by atoms with van der Waals surface area (Å²) in [5.74, 6) is 0. The van der Waals surface area contributed by atoms with Crippen LogP contribution in [0.5, 0.6) is 0 Å². The number of para-hydroxylation sites is 1. The molecule has 5 rings (SSSR count). The van der Waals surface area contributed by atoms with Crippen LogP contribution in [-0.4, -0.2) is 0 Å². The van der Waals surface area contributed by atoms with E-state index in [0.29, 0.717) is 0 Å². The van der Waals surface area contributed by atoms with Crippen molar-refractivity contribution in [3.05, 3.63) is 107 Å². The van der Waals surface area contributed by atoms with Crippen LogP contribution < -0.4 is 4.90 Å². The van der Waals surface area contributed by atoms with Crippen molar-refractivity contribution in [2.24, 2.45) is 0 Å². The average Bonchev–Trinajstić information content (AvgIpc) is 3.13. The highest BCUT2D eigenvalue weighted by atomic mass is 79.9. The van der Waals surface area contributed by atoms with Crippen molar-refractivity contribution >= 4 is 58.8 Å². The van der Waals surface area contributed by atoms with Gasteiger partial charge in [0.25, 0.3) is 0 Å². The first-order valence-electron chi connectivity index (χ1n) is 9.27. The quantitative estimate of drug-likeness (QED) is 0.270. The molecular weight excluding hydrogens is 426 g/mol. The molecule has 0 amide bonds. The fourth-order valence-corrected chi connectivity index (χ4v) is 5.30. The van der Waals surface area contributed by atoms with Crippen LogP contribution in [0.2, 0.25) is 0 Å². The lowest BCUT2D eigenvalue weighted by atomic mass is 10.1. The largest absolute Gasteiger partial charge is 0.336 e. The van der Waals surface area contributed by atoms with Gasteiger partial charge in [0.05, 0.1) is 10.4 Å². The molecule has 0 radical (unpaired) electrons. The summed E-state index contributed by atoms with van der Waals surface area (Å²) in [6, 6.07) is 34.4. The molecule has 0 unspecified atom stereocenters. The van der Waals surface area contributed by atoms with Crippen LogP contribution in [0.15, 0.2) is 102 Å². The lowest BCUT2D eigenvalue weighted by Gasteiger charge is -2.26. The first kappa shape index (κ1) is 17.5. The molecule has 0 fully saturated rings. The SMILES string of the molecule is Brc1ccccc1CN(c1ccccc1)c1cccc2c1sc1ccccc12. The molecule has 28 heavy (non-hydrogen) atoms. The number of fused-ring (bicyclic) bond motifs is 3. The first-order valence-corrected chi connectivity index (χ1v) is 10.9. The molecule has 0 atom stereocenters. The minimum absolute atomic E-state index is 0.804. The van der Waals surface area contributed by atoms with Gasteiger partial charge in [-0.05, 0) is 35.9 Å². The summed E-state index contributed by atoms with van der Waals surface area (Å²) in [7, 11) is 0. The molecule has 136 valence electrons. The molecule has 3 heteroatoms. The van der Waals surface area contributed by atoms with Gasteiger partial charge in [0, 0.05) is 32.2 Å². The zero-order valence-corrected chi connectivity index (χ0v) is 17.6. The highest BCUT2D eigenvalue weighted by molar-refractivity contribution is 9.10. The maximum absolute atomic E-state index is 3.72. The van der Waals surface area contributed by atoms with Gasteiger partial charge < -0.3 is 4.90 Å². The highest BCUT2D eigenvalue weighted by Crippen LogP contribution is 2.42. The Bertz CT molecular complexity index is 1260. The van der Waals surface area contributed by atoms with Crippen LogP contribution >= 0.6 is 27.3 Å². The predicted octanol–water partition coefficient (Wildman–Crippen LogP) is 8.16. The number of thiophene rings is 1. The van der Waals surface area contributed by atoms with Gasteiger partial charge in [0.2, 0.25) is 0 Å². The van der Waals surface area contributed by atoms with Crippen molar-refractivity contribution in [3.8, 4) is 0 Å². The Morgan fingerprint density at radius 3 is 2.25 bits per heavy atom. The number of halogens is 1. The molecule has 1 heterocycles. The van der Waals surface area contributed by atoms with E-state index in [1.807, 2.05) is 11.3 Å². The second-order valence-electron chi connectivity index (χ2n) is 6.77. The summed E-state index contributed by atoms with van der Waals surface area (Å²) in [5.41, 5.74) is 3.72. The van der Waals surface area contributed by atoms with Crippen LogP contribution in [0.25, 0.3) is 20.2 Å². The van der Waals surface area contributed by atoms with Gasteiger partial charge in [0.15, 0.2) is 0 Å². The molecule has 1 nitrogen and oxygen atoms in total. The van der Waals surface area contributed by atoms with E-state index in [-0.39, 0.29) is 0 Å². The van der Waals surface area contributed by atoms with Gasteiger partial charge in [-0.3, -0.25) is 0 Å². The van der Waals surface area contributed by atoms with Crippen LogP contribution in [0, 0.1) is 0 Å². The Balaban J connectivity index is 1.72. The third-order valence-electron chi connectivity index (χ3n) is 5.03. The molecule has 0 bridgehead atoms. The molecule has 5 aromatic rings. The number of rotatable bonds is 4. The molecule has 4 aromatic carbocycles. The van der Waals surface area contributed by atoms with Crippen LogP contribution in [0.4, 0.5) is 11.4 Å². The van der Waals surface area contributed by atoms with E-state index >= 15 is 0 Å². The molecule has 0 spiro atoms. The molecule has 0 saturated heterocycles. The molecule has 0 aliphatic rings. The zero-order chi connectivity index (χ0) is 18.9. The van der Waals surface area contributed by atoms with Gasteiger partial charge >= 0.3 is 0 Å². The fraction of sp³-hybridized carbons (Fsp3) is 0.0400. The fourth-order valence-electron chi connectivity index (χ4n) is 3.67. The van der Waals surface area contributed by atoms with E-state index in [9.17, 15) is 0 Å². The number of hydrogen-bond acceptors (Lipinski definition) is 2. The Morgan fingerprint density at radius 1 is 0.679 bits per heavy atom. The maximum Gasteiger partial charge on any atom is 0.0595 e. The number of hydrogen-bond donors (Lipinski definition) is 0. The third-order valence-corrected chi connectivity index (χ3v) is 7.01. The summed E-state index contributed by atoms with van der Waals surface area (Å²) in [6.07, 6.45) is 0.